The van der Waals surface area contributed by atoms with E-state index < -0.39 is 32.6 Å². The smallest absolute Gasteiger partial charge is 0.324 e. The van der Waals surface area contributed by atoms with E-state index in [2.05, 4.69) is 5.32 Å². The SMILES string of the molecule is CC1(C)C(=O)NC(=O)N1CCCCCS(=O)(=O)CC1(c2ccc(F)c(OCC3CC3)c2)CC1. The largest absolute Gasteiger partial charge is 0.490 e. The van der Waals surface area contributed by atoms with Crippen molar-refractivity contribution in [1.82, 2.24) is 10.2 Å². The first-order valence-corrected chi connectivity index (χ1v) is 13.6. The van der Waals surface area contributed by atoms with Crippen LogP contribution >= 0.6 is 0 Å². The highest BCUT2D eigenvalue weighted by Crippen LogP contribution is 2.50. The number of nitrogens with one attached hydrogen (secondary N) is 1. The molecule has 0 aromatic heterocycles. The van der Waals surface area contributed by atoms with E-state index in [0.29, 0.717) is 38.3 Å². The second kappa shape index (κ2) is 8.89. The molecule has 9 heteroatoms. The number of rotatable bonds is 12. The van der Waals surface area contributed by atoms with Gasteiger partial charge in [0.15, 0.2) is 21.4 Å². The van der Waals surface area contributed by atoms with E-state index in [1.165, 1.54) is 11.0 Å². The van der Waals surface area contributed by atoms with Gasteiger partial charge in [-0.3, -0.25) is 10.1 Å². The lowest BCUT2D eigenvalue weighted by molar-refractivity contribution is -0.125. The normalized spacial score (nSPS) is 21.2. The maximum absolute atomic E-state index is 14.1. The molecule has 0 bridgehead atoms. The number of unbranched alkanes of at least 4 members (excludes halogenated alkanes) is 2. The van der Waals surface area contributed by atoms with Crippen LogP contribution in [0.1, 0.15) is 64.4 Å². The number of carbonyl (C=O) groups excluding carboxylic acids is 2. The van der Waals surface area contributed by atoms with Crippen molar-refractivity contribution in [2.75, 3.05) is 24.7 Å². The van der Waals surface area contributed by atoms with Gasteiger partial charge in [0, 0.05) is 12.0 Å². The van der Waals surface area contributed by atoms with E-state index in [4.69, 9.17) is 4.74 Å². The van der Waals surface area contributed by atoms with Gasteiger partial charge in [-0.25, -0.2) is 17.6 Å². The molecular formula is C24H33FN2O5S. The summed E-state index contributed by atoms with van der Waals surface area (Å²) in [4.78, 5) is 25.2. The van der Waals surface area contributed by atoms with E-state index in [0.717, 1.165) is 31.2 Å². The molecule has 1 N–H and O–H groups in total. The summed E-state index contributed by atoms with van der Waals surface area (Å²) in [7, 11) is -3.29. The van der Waals surface area contributed by atoms with Crippen molar-refractivity contribution in [3.8, 4) is 5.75 Å². The molecule has 1 heterocycles. The average molecular weight is 481 g/mol. The minimum absolute atomic E-state index is 0.0593. The molecule has 33 heavy (non-hydrogen) atoms. The number of ether oxygens (including phenoxy) is 1. The summed E-state index contributed by atoms with van der Waals surface area (Å²) in [6.07, 6.45) is 5.55. The molecule has 0 radical (unpaired) electrons. The Labute approximate surface area is 195 Å². The second-order valence-electron chi connectivity index (χ2n) is 10.3. The molecule has 3 amide bonds. The number of hydrogen-bond acceptors (Lipinski definition) is 5. The third kappa shape index (κ3) is 5.50. The van der Waals surface area contributed by atoms with Gasteiger partial charge >= 0.3 is 6.03 Å². The molecule has 1 aromatic carbocycles. The summed E-state index contributed by atoms with van der Waals surface area (Å²) in [6, 6.07) is 4.36. The summed E-state index contributed by atoms with van der Waals surface area (Å²) in [5, 5.41) is 2.31. The van der Waals surface area contributed by atoms with Crippen LogP contribution in [0.5, 0.6) is 5.75 Å². The van der Waals surface area contributed by atoms with Crippen molar-refractivity contribution < 1.29 is 27.1 Å². The topological polar surface area (TPSA) is 92.8 Å². The first-order chi connectivity index (χ1) is 15.5. The number of sulfone groups is 1. The molecular weight excluding hydrogens is 447 g/mol. The van der Waals surface area contributed by atoms with Crippen LogP contribution in [0.4, 0.5) is 9.18 Å². The van der Waals surface area contributed by atoms with E-state index in [9.17, 15) is 22.4 Å². The standard InChI is InChI=1S/C24H33FN2O5S/c1-23(2)21(28)26-22(29)27(23)12-4-3-5-13-33(30,31)16-24(10-11-24)18-8-9-19(25)20(14-18)32-15-17-6-7-17/h8-9,14,17H,3-7,10-13,15-16H2,1-2H3,(H,26,28,29). The van der Waals surface area contributed by atoms with Crippen molar-refractivity contribution in [3.05, 3.63) is 29.6 Å². The van der Waals surface area contributed by atoms with Crippen molar-refractivity contribution >= 4 is 21.8 Å². The maximum atomic E-state index is 14.1. The van der Waals surface area contributed by atoms with Crippen molar-refractivity contribution in [2.45, 2.75) is 69.7 Å². The Morgan fingerprint density at radius 2 is 1.88 bits per heavy atom. The molecule has 1 saturated heterocycles. The number of amides is 3. The van der Waals surface area contributed by atoms with E-state index in [1.807, 2.05) is 0 Å². The number of nitrogens with zero attached hydrogens (tertiary/aromatic N) is 1. The minimum atomic E-state index is -3.29. The number of benzene rings is 1. The zero-order valence-electron chi connectivity index (χ0n) is 19.4. The Kier molecular flexibility index (Phi) is 6.46. The number of halogens is 1. The molecule has 3 aliphatic rings. The lowest BCUT2D eigenvalue weighted by atomic mass is 9.98. The first-order valence-electron chi connectivity index (χ1n) is 11.8. The zero-order chi connectivity index (χ0) is 23.9. The van der Waals surface area contributed by atoms with Gasteiger partial charge in [-0.1, -0.05) is 12.5 Å². The third-order valence-corrected chi connectivity index (χ3v) is 9.00. The molecule has 1 aromatic rings. The fraction of sp³-hybridized carbons (Fsp3) is 0.667. The van der Waals surface area contributed by atoms with Gasteiger partial charge in [-0.2, -0.15) is 0 Å². The fourth-order valence-corrected chi connectivity index (χ4v) is 6.53. The Bertz CT molecular complexity index is 1030. The highest BCUT2D eigenvalue weighted by atomic mass is 32.2. The van der Waals surface area contributed by atoms with E-state index in [1.54, 1.807) is 26.0 Å². The molecule has 2 aliphatic carbocycles. The van der Waals surface area contributed by atoms with Gasteiger partial charge in [-0.15, -0.1) is 0 Å². The van der Waals surface area contributed by atoms with Crippen LogP contribution in [0.15, 0.2) is 18.2 Å². The quantitative estimate of drug-likeness (QED) is 0.365. The Morgan fingerprint density at radius 3 is 2.48 bits per heavy atom. The van der Waals surface area contributed by atoms with Gasteiger partial charge < -0.3 is 9.64 Å². The second-order valence-corrected chi connectivity index (χ2v) is 12.5. The van der Waals surface area contributed by atoms with E-state index >= 15 is 0 Å². The lowest BCUT2D eigenvalue weighted by Gasteiger charge is -2.27. The molecule has 0 atom stereocenters. The van der Waals surface area contributed by atoms with Crippen LogP contribution < -0.4 is 10.1 Å². The lowest BCUT2D eigenvalue weighted by Crippen LogP contribution is -2.44. The third-order valence-electron chi connectivity index (χ3n) is 7.10. The summed E-state index contributed by atoms with van der Waals surface area (Å²) in [6.45, 7) is 4.32. The molecule has 2 saturated carbocycles. The van der Waals surface area contributed by atoms with E-state index in [-0.39, 0.29) is 23.2 Å². The Morgan fingerprint density at radius 1 is 1.15 bits per heavy atom. The van der Waals surface area contributed by atoms with Crippen LogP contribution in [0.2, 0.25) is 0 Å². The molecule has 3 fully saturated rings. The summed E-state index contributed by atoms with van der Waals surface area (Å²) < 4.78 is 45.4. The predicted molar refractivity (Wildman–Crippen MR) is 122 cm³/mol. The van der Waals surface area contributed by atoms with Crippen molar-refractivity contribution in [2.24, 2.45) is 5.92 Å². The highest BCUT2D eigenvalue weighted by molar-refractivity contribution is 7.91. The Hall–Kier alpha value is -2.16. The summed E-state index contributed by atoms with van der Waals surface area (Å²) in [5.41, 5.74) is -0.481. The molecule has 0 unspecified atom stereocenters. The average Bonchev–Trinajstić information content (AvgIpc) is 3.65. The molecule has 4 rings (SSSR count). The zero-order valence-corrected chi connectivity index (χ0v) is 20.2. The minimum Gasteiger partial charge on any atom is -0.490 e. The number of hydrogen-bond donors (Lipinski definition) is 1. The molecule has 182 valence electrons. The van der Waals surface area contributed by atoms with Crippen LogP contribution in [0.25, 0.3) is 0 Å². The first kappa shape index (κ1) is 24.0. The van der Waals surface area contributed by atoms with Gasteiger partial charge in [0.25, 0.3) is 5.91 Å². The number of imide groups is 1. The van der Waals surface area contributed by atoms with Crippen molar-refractivity contribution in [1.29, 1.82) is 0 Å². The van der Waals surface area contributed by atoms with Gasteiger partial charge in [0.05, 0.1) is 18.1 Å². The number of urea groups is 1. The monoisotopic (exact) mass is 480 g/mol. The van der Waals surface area contributed by atoms with Gasteiger partial charge in [0.2, 0.25) is 0 Å². The van der Waals surface area contributed by atoms with Crippen LogP contribution in [0.3, 0.4) is 0 Å². The molecule has 1 aliphatic heterocycles. The number of carbonyl (C=O) groups is 2. The highest BCUT2D eigenvalue weighted by Gasteiger charge is 2.48. The van der Waals surface area contributed by atoms with Gasteiger partial charge in [-0.05, 0) is 76.0 Å². The Balaban J connectivity index is 1.27. The predicted octanol–water partition coefficient (Wildman–Crippen LogP) is 3.56. The summed E-state index contributed by atoms with van der Waals surface area (Å²) in [5.74, 6) is 0.144. The fourth-order valence-electron chi connectivity index (χ4n) is 4.44. The van der Waals surface area contributed by atoms with Crippen LogP contribution in [-0.4, -0.2) is 55.5 Å². The van der Waals surface area contributed by atoms with Gasteiger partial charge in [0.1, 0.15) is 5.54 Å². The van der Waals surface area contributed by atoms with Crippen LogP contribution in [0, 0.1) is 11.7 Å². The van der Waals surface area contributed by atoms with Crippen molar-refractivity contribution in [3.63, 3.8) is 0 Å². The molecule has 0 spiro atoms. The molecule has 7 nitrogen and oxygen atoms in total. The maximum Gasteiger partial charge on any atom is 0.324 e. The van der Waals surface area contributed by atoms with Crippen LogP contribution in [-0.2, 0) is 20.0 Å². The summed E-state index contributed by atoms with van der Waals surface area (Å²) >= 11 is 0.